The van der Waals surface area contributed by atoms with Gasteiger partial charge in [-0.25, -0.2) is 17.2 Å². The Balaban J connectivity index is 1.51. The summed E-state index contributed by atoms with van der Waals surface area (Å²) in [5.41, 5.74) is 0. The SMILES string of the molecule is O=C(CN1CCN(S(=O)(=O)c2ccc(F)c(F)c2)CC1)NCc1cccs1. The molecule has 3 rings (SSSR count). The summed E-state index contributed by atoms with van der Waals surface area (Å²) in [5.74, 6) is -2.41. The summed E-state index contributed by atoms with van der Waals surface area (Å²) in [6, 6.07) is 6.40. The van der Waals surface area contributed by atoms with Crippen molar-refractivity contribution in [2.24, 2.45) is 0 Å². The second kappa shape index (κ2) is 8.42. The maximum absolute atomic E-state index is 13.3. The Morgan fingerprint density at radius 2 is 1.85 bits per heavy atom. The van der Waals surface area contributed by atoms with E-state index in [4.69, 9.17) is 0 Å². The molecule has 0 saturated carbocycles. The fraction of sp³-hybridized carbons (Fsp3) is 0.353. The third-order valence-corrected chi connectivity index (χ3v) is 7.04. The molecule has 1 amide bonds. The molecule has 146 valence electrons. The summed E-state index contributed by atoms with van der Waals surface area (Å²) in [7, 11) is -3.89. The van der Waals surface area contributed by atoms with Crippen LogP contribution in [0.5, 0.6) is 0 Å². The van der Waals surface area contributed by atoms with E-state index < -0.39 is 21.7 Å². The highest BCUT2D eigenvalue weighted by molar-refractivity contribution is 7.89. The van der Waals surface area contributed by atoms with Crippen LogP contribution in [0.2, 0.25) is 0 Å². The van der Waals surface area contributed by atoms with Crippen molar-refractivity contribution in [3.05, 3.63) is 52.2 Å². The molecule has 1 saturated heterocycles. The van der Waals surface area contributed by atoms with Crippen LogP contribution < -0.4 is 5.32 Å². The number of hydrogen-bond acceptors (Lipinski definition) is 5. The highest BCUT2D eigenvalue weighted by Gasteiger charge is 2.29. The fourth-order valence-electron chi connectivity index (χ4n) is 2.77. The molecule has 10 heteroatoms. The van der Waals surface area contributed by atoms with E-state index in [1.165, 1.54) is 4.31 Å². The summed E-state index contributed by atoms with van der Waals surface area (Å²) >= 11 is 1.56. The maximum atomic E-state index is 13.3. The molecule has 2 heterocycles. The van der Waals surface area contributed by atoms with Gasteiger partial charge in [-0.3, -0.25) is 9.69 Å². The molecule has 1 aliphatic rings. The number of piperazine rings is 1. The lowest BCUT2D eigenvalue weighted by Gasteiger charge is -2.33. The van der Waals surface area contributed by atoms with Gasteiger partial charge in [0.1, 0.15) is 0 Å². The molecule has 2 aromatic rings. The molecular formula is C17H19F2N3O3S2. The van der Waals surface area contributed by atoms with Crippen LogP contribution in [0.25, 0.3) is 0 Å². The van der Waals surface area contributed by atoms with Gasteiger partial charge in [0.2, 0.25) is 15.9 Å². The van der Waals surface area contributed by atoms with Crippen molar-refractivity contribution in [2.45, 2.75) is 11.4 Å². The molecule has 1 aromatic carbocycles. The van der Waals surface area contributed by atoms with Crippen molar-refractivity contribution >= 4 is 27.3 Å². The van der Waals surface area contributed by atoms with E-state index in [2.05, 4.69) is 5.32 Å². The molecular weight excluding hydrogens is 396 g/mol. The molecule has 0 radical (unpaired) electrons. The number of nitrogens with one attached hydrogen (secondary N) is 1. The van der Waals surface area contributed by atoms with Crippen molar-refractivity contribution in [2.75, 3.05) is 32.7 Å². The summed E-state index contributed by atoms with van der Waals surface area (Å²) in [6.45, 7) is 1.79. The second-order valence-electron chi connectivity index (χ2n) is 6.11. The van der Waals surface area contributed by atoms with E-state index in [1.54, 1.807) is 11.3 Å². The molecule has 0 unspecified atom stereocenters. The van der Waals surface area contributed by atoms with Crippen LogP contribution in [-0.2, 0) is 21.4 Å². The number of thiophene rings is 1. The van der Waals surface area contributed by atoms with E-state index >= 15 is 0 Å². The van der Waals surface area contributed by atoms with Crippen LogP contribution in [0.15, 0.2) is 40.6 Å². The number of rotatable bonds is 6. The van der Waals surface area contributed by atoms with Crippen LogP contribution in [0.1, 0.15) is 4.88 Å². The number of carbonyl (C=O) groups is 1. The lowest BCUT2D eigenvalue weighted by molar-refractivity contribution is -0.122. The van der Waals surface area contributed by atoms with Gasteiger partial charge in [-0.05, 0) is 29.6 Å². The summed E-state index contributed by atoms with van der Waals surface area (Å²) in [5, 5.41) is 4.77. The molecule has 0 aliphatic carbocycles. The topological polar surface area (TPSA) is 69.7 Å². The molecule has 1 aliphatic heterocycles. The van der Waals surface area contributed by atoms with Crippen LogP contribution in [-0.4, -0.2) is 56.3 Å². The Labute approximate surface area is 160 Å². The zero-order chi connectivity index (χ0) is 19.4. The minimum absolute atomic E-state index is 0.125. The first-order valence-electron chi connectivity index (χ1n) is 8.33. The highest BCUT2D eigenvalue weighted by atomic mass is 32.2. The predicted molar refractivity (Wildman–Crippen MR) is 97.7 cm³/mol. The van der Waals surface area contributed by atoms with Gasteiger partial charge in [-0.1, -0.05) is 6.07 Å². The maximum Gasteiger partial charge on any atom is 0.243 e. The highest BCUT2D eigenvalue weighted by Crippen LogP contribution is 2.20. The van der Waals surface area contributed by atoms with E-state index in [1.807, 2.05) is 22.4 Å². The standard InChI is InChI=1S/C17H19F2N3O3S2/c18-15-4-3-14(10-16(15)19)27(24,25)22-7-5-21(6-8-22)12-17(23)20-11-13-2-1-9-26-13/h1-4,9-10H,5-8,11-12H2,(H,20,23). The van der Waals surface area contributed by atoms with Gasteiger partial charge in [-0.15, -0.1) is 11.3 Å². The molecule has 0 spiro atoms. The van der Waals surface area contributed by atoms with Crippen molar-refractivity contribution in [3.63, 3.8) is 0 Å². The van der Waals surface area contributed by atoms with Gasteiger partial charge in [-0.2, -0.15) is 4.31 Å². The van der Waals surface area contributed by atoms with Crippen LogP contribution in [0, 0.1) is 11.6 Å². The number of nitrogens with zero attached hydrogens (tertiary/aromatic N) is 2. The number of benzene rings is 1. The third-order valence-electron chi connectivity index (χ3n) is 4.27. The van der Waals surface area contributed by atoms with E-state index in [-0.39, 0.29) is 30.4 Å². The quantitative estimate of drug-likeness (QED) is 0.779. The summed E-state index contributed by atoms with van der Waals surface area (Å²) < 4.78 is 52.7. The Bertz CT molecular complexity index is 896. The van der Waals surface area contributed by atoms with Gasteiger partial charge in [0.05, 0.1) is 18.0 Å². The first-order valence-corrected chi connectivity index (χ1v) is 10.6. The third kappa shape index (κ3) is 4.89. The number of hydrogen-bond donors (Lipinski definition) is 1. The zero-order valence-electron chi connectivity index (χ0n) is 14.4. The molecule has 1 fully saturated rings. The Morgan fingerprint density at radius 3 is 2.48 bits per heavy atom. The minimum Gasteiger partial charge on any atom is -0.350 e. The average Bonchev–Trinajstić information content (AvgIpc) is 3.16. The van der Waals surface area contributed by atoms with E-state index in [0.717, 1.165) is 17.0 Å². The zero-order valence-corrected chi connectivity index (χ0v) is 16.0. The van der Waals surface area contributed by atoms with E-state index in [0.29, 0.717) is 25.7 Å². The minimum atomic E-state index is -3.89. The van der Waals surface area contributed by atoms with E-state index in [9.17, 15) is 22.0 Å². The fourth-order valence-corrected chi connectivity index (χ4v) is 4.85. The van der Waals surface area contributed by atoms with Crippen LogP contribution in [0.4, 0.5) is 8.78 Å². The normalized spacial score (nSPS) is 16.4. The second-order valence-corrected chi connectivity index (χ2v) is 9.08. The molecule has 0 bridgehead atoms. The van der Waals surface area contributed by atoms with Crippen molar-refractivity contribution in [1.29, 1.82) is 0 Å². The van der Waals surface area contributed by atoms with Crippen molar-refractivity contribution in [3.8, 4) is 0 Å². The van der Waals surface area contributed by atoms with Crippen LogP contribution >= 0.6 is 11.3 Å². The lowest BCUT2D eigenvalue weighted by Crippen LogP contribution is -2.50. The Hall–Kier alpha value is -1.88. The van der Waals surface area contributed by atoms with Gasteiger partial charge in [0.15, 0.2) is 11.6 Å². The van der Waals surface area contributed by atoms with Crippen molar-refractivity contribution < 1.29 is 22.0 Å². The van der Waals surface area contributed by atoms with Gasteiger partial charge >= 0.3 is 0 Å². The molecule has 1 N–H and O–H groups in total. The molecule has 27 heavy (non-hydrogen) atoms. The summed E-state index contributed by atoms with van der Waals surface area (Å²) in [4.78, 5) is 14.7. The first-order chi connectivity index (χ1) is 12.9. The average molecular weight is 415 g/mol. The predicted octanol–water partition coefficient (Wildman–Crippen LogP) is 1.65. The molecule has 1 aromatic heterocycles. The number of carbonyl (C=O) groups excluding carboxylic acids is 1. The number of sulfonamides is 1. The Kier molecular flexibility index (Phi) is 6.20. The Morgan fingerprint density at radius 1 is 1.11 bits per heavy atom. The van der Waals surface area contributed by atoms with Gasteiger partial charge < -0.3 is 5.32 Å². The summed E-state index contributed by atoms with van der Waals surface area (Å²) in [6.07, 6.45) is 0. The van der Waals surface area contributed by atoms with Crippen molar-refractivity contribution in [1.82, 2.24) is 14.5 Å². The molecule has 0 atom stereocenters. The smallest absolute Gasteiger partial charge is 0.243 e. The number of halogens is 2. The van der Waals surface area contributed by atoms with Gasteiger partial charge in [0.25, 0.3) is 0 Å². The monoisotopic (exact) mass is 415 g/mol. The number of amides is 1. The lowest BCUT2D eigenvalue weighted by atomic mass is 10.3. The first kappa shape index (κ1) is 19.9. The van der Waals surface area contributed by atoms with Crippen LogP contribution in [0.3, 0.4) is 0 Å². The molecule has 6 nitrogen and oxygen atoms in total. The van der Waals surface area contributed by atoms with Gasteiger partial charge in [0, 0.05) is 31.1 Å². The largest absolute Gasteiger partial charge is 0.350 e.